The van der Waals surface area contributed by atoms with E-state index in [1.54, 1.807) is 0 Å². The van der Waals surface area contributed by atoms with Gasteiger partial charge in [-0.3, -0.25) is 9.89 Å². The maximum atomic E-state index is 5.75. The molecule has 2 heterocycles. The molecule has 0 radical (unpaired) electrons. The van der Waals surface area contributed by atoms with Gasteiger partial charge in [-0.2, -0.15) is 0 Å². The van der Waals surface area contributed by atoms with E-state index in [9.17, 15) is 0 Å². The third kappa shape index (κ3) is 8.06. The monoisotopic (exact) mass is 553 g/mol. The van der Waals surface area contributed by atoms with Gasteiger partial charge in [-0.15, -0.1) is 24.0 Å². The van der Waals surface area contributed by atoms with Crippen molar-refractivity contribution in [3.8, 4) is 0 Å². The number of likely N-dealkylation sites (tertiary alicyclic amines) is 1. The molecule has 1 saturated heterocycles. The van der Waals surface area contributed by atoms with Gasteiger partial charge in [-0.05, 0) is 65.1 Å². The van der Waals surface area contributed by atoms with Crippen molar-refractivity contribution in [1.82, 2.24) is 20.5 Å². The van der Waals surface area contributed by atoms with Gasteiger partial charge in [0.25, 0.3) is 0 Å². The predicted molar refractivity (Wildman–Crippen MR) is 143 cm³/mol. The van der Waals surface area contributed by atoms with Gasteiger partial charge in [0.2, 0.25) is 5.89 Å². The van der Waals surface area contributed by atoms with E-state index in [1.807, 2.05) is 13.8 Å². The summed E-state index contributed by atoms with van der Waals surface area (Å²) < 4.78 is 5.75. The number of aryl methyl sites for hydroxylation is 3. The lowest BCUT2D eigenvalue weighted by molar-refractivity contribution is 0.164. The Hall–Kier alpha value is -1.61. The van der Waals surface area contributed by atoms with Gasteiger partial charge in [-0.1, -0.05) is 36.8 Å². The summed E-state index contributed by atoms with van der Waals surface area (Å²) in [6, 6.07) is 8.73. The van der Waals surface area contributed by atoms with E-state index in [0.717, 1.165) is 62.6 Å². The van der Waals surface area contributed by atoms with E-state index < -0.39 is 0 Å². The summed E-state index contributed by atoms with van der Waals surface area (Å²) in [4.78, 5) is 11.8. The van der Waals surface area contributed by atoms with Crippen molar-refractivity contribution < 1.29 is 4.42 Å². The summed E-state index contributed by atoms with van der Waals surface area (Å²) in [5, 5.41) is 6.97. The standard InChI is InChI=1S/C25H39N5O.HI/c1-6-26-25(27-15-19(3)23-9-7-8-18(2)14-23)28-16-22-10-12-30(13-11-22)17-24-29-20(4)21(5)31-24;/h7-9,14,19,22H,6,10-13,15-17H2,1-5H3,(H2,26,27,28);1H. The molecular weight excluding hydrogens is 513 g/mol. The second-order valence-corrected chi connectivity index (χ2v) is 8.88. The van der Waals surface area contributed by atoms with Crippen LogP contribution in [0.15, 0.2) is 33.7 Å². The topological polar surface area (TPSA) is 65.7 Å². The fraction of sp³-hybridized carbons (Fsp3) is 0.600. The number of hydrogen-bond donors (Lipinski definition) is 2. The zero-order valence-corrected chi connectivity index (χ0v) is 22.6. The maximum Gasteiger partial charge on any atom is 0.208 e. The summed E-state index contributed by atoms with van der Waals surface area (Å²) in [6.45, 7) is 16.1. The molecule has 1 aliphatic rings. The van der Waals surface area contributed by atoms with Gasteiger partial charge >= 0.3 is 0 Å². The van der Waals surface area contributed by atoms with Gasteiger partial charge in [0.1, 0.15) is 5.76 Å². The highest BCUT2D eigenvalue weighted by atomic mass is 127. The molecule has 0 aliphatic carbocycles. The Kier molecular flexibility index (Phi) is 11.0. The lowest BCUT2D eigenvalue weighted by Gasteiger charge is -2.31. The van der Waals surface area contributed by atoms with Crippen molar-refractivity contribution in [3.63, 3.8) is 0 Å². The van der Waals surface area contributed by atoms with Crippen LogP contribution < -0.4 is 10.6 Å². The molecule has 32 heavy (non-hydrogen) atoms. The lowest BCUT2D eigenvalue weighted by atomic mass is 9.97. The first-order chi connectivity index (χ1) is 14.9. The Bertz CT molecular complexity index is 838. The van der Waals surface area contributed by atoms with E-state index >= 15 is 0 Å². The molecule has 2 N–H and O–H groups in total. The third-order valence-electron chi connectivity index (χ3n) is 6.18. The molecule has 178 valence electrons. The second kappa shape index (κ2) is 13.2. The third-order valence-corrected chi connectivity index (χ3v) is 6.18. The van der Waals surface area contributed by atoms with E-state index in [2.05, 4.69) is 65.6 Å². The number of oxazole rings is 1. The minimum Gasteiger partial charge on any atom is -0.444 e. The van der Waals surface area contributed by atoms with Gasteiger partial charge in [0, 0.05) is 25.6 Å². The molecule has 2 aromatic rings. The van der Waals surface area contributed by atoms with Crippen molar-refractivity contribution in [3.05, 3.63) is 52.7 Å². The molecule has 1 aliphatic heterocycles. The van der Waals surface area contributed by atoms with Crippen LogP contribution >= 0.6 is 24.0 Å². The fourth-order valence-corrected chi connectivity index (χ4v) is 4.04. The normalized spacial score (nSPS) is 16.5. The molecule has 1 unspecified atom stereocenters. The number of guanidine groups is 1. The van der Waals surface area contributed by atoms with Gasteiger partial charge in [0.15, 0.2) is 5.96 Å². The van der Waals surface area contributed by atoms with Crippen LogP contribution in [0.1, 0.15) is 61.1 Å². The summed E-state index contributed by atoms with van der Waals surface area (Å²) in [6.07, 6.45) is 2.37. The van der Waals surface area contributed by atoms with Crippen LogP contribution in [0, 0.1) is 26.7 Å². The number of piperidine rings is 1. The molecule has 0 amide bonds. The van der Waals surface area contributed by atoms with Gasteiger partial charge < -0.3 is 15.1 Å². The van der Waals surface area contributed by atoms with Crippen LogP contribution in [0.25, 0.3) is 0 Å². The van der Waals surface area contributed by atoms with Gasteiger partial charge in [-0.25, -0.2) is 4.98 Å². The highest BCUT2D eigenvalue weighted by molar-refractivity contribution is 14.0. The van der Waals surface area contributed by atoms with E-state index in [-0.39, 0.29) is 24.0 Å². The second-order valence-electron chi connectivity index (χ2n) is 8.88. The molecule has 0 bridgehead atoms. The van der Waals surface area contributed by atoms with Crippen LogP contribution in [0.2, 0.25) is 0 Å². The fourth-order valence-electron chi connectivity index (χ4n) is 4.04. The first-order valence-electron chi connectivity index (χ1n) is 11.7. The number of aliphatic imine (C=N–C) groups is 1. The maximum absolute atomic E-state index is 5.75. The van der Waals surface area contributed by atoms with Crippen LogP contribution in [0.3, 0.4) is 0 Å². The molecule has 3 rings (SSSR count). The van der Waals surface area contributed by atoms with Crippen molar-refractivity contribution in [2.75, 3.05) is 32.7 Å². The molecule has 1 fully saturated rings. The number of aromatic nitrogens is 1. The smallest absolute Gasteiger partial charge is 0.208 e. The first kappa shape index (κ1) is 26.6. The highest BCUT2D eigenvalue weighted by Gasteiger charge is 2.21. The summed E-state index contributed by atoms with van der Waals surface area (Å²) >= 11 is 0. The average Bonchev–Trinajstić information content (AvgIpc) is 3.07. The Balaban J connectivity index is 0.00000363. The summed E-state index contributed by atoms with van der Waals surface area (Å²) in [5.41, 5.74) is 3.65. The van der Waals surface area contributed by atoms with E-state index in [4.69, 9.17) is 9.41 Å². The molecule has 1 atom stereocenters. The molecule has 6 nitrogen and oxygen atoms in total. The number of nitrogens with one attached hydrogen (secondary N) is 2. The summed E-state index contributed by atoms with van der Waals surface area (Å²) in [7, 11) is 0. The van der Waals surface area contributed by atoms with Crippen molar-refractivity contribution >= 4 is 29.9 Å². The Morgan fingerprint density at radius 3 is 2.59 bits per heavy atom. The Labute approximate surface area is 210 Å². The van der Waals surface area contributed by atoms with Crippen LogP contribution in [0.5, 0.6) is 0 Å². The van der Waals surface area contributed by atoms with Crippen molar-refractivity contribution in [2.24, 2.45) is 10.9 Å². The molecule has 1 aromatic heterocycles. The first-order valence-corrected chi connectivity index (χ1v) is 11.7. The molecule has 7 heteroatoms. The van der Waals surface area contributed by atoms with E-state index in [0.29, 0.717) is 11.8 Å². The number of hydrogen-bond acceptors (Lipinski definition) is 4. The Morgan fingerprint density at radius 1 is 1.22 bits per heavy atom. The predicted octanol–water partition coefficient (Wildman–Crippen LogP) is 4.79. The number of benzene rings is 1. The minimum absolute atomic E-state index is 0. The molecule has 1 aromatic carbocycles. The van der Waals surface area contributed by atoms with Gasteiger partial charge in [0.05, 0.1) is 12.2 Å². The zero-order chi connectivity index (χ0) is 22.2. The number of halogens is 1. The quantitative estimate of drug-likeness (QED) is 0.280. The molecular formula is C25H40IN5O. The highest BCUT2D eigenvalue weighted by Crippen LogP contribution is 2.20. The summed E-state index contributed by atoms with van der Waals surface area (Å²) in [5.74, 6) is 3.77. The van der Waals surface area contributed by atoms with Crippen molar-refractivity contribution in [1.29, 1.82) is 0 Å². The molecule has 0 saturated carbocycles. The van der Waals surface area contributed by atoms with Crippen molar-refractivity contribution in [2.45, 2.75) is 59.9 Å². The Morgan fingerprint density at radius 2 is 1.97 bits per heavy atom. The number of nitrogens with zero attached hydrogens (tertiary/aromatic N) is 3. The van der Waals surface area contributed by atoms with Crippen LogP contribution in [0.4, 0.5) is 0 Å². The van der Waals surface area contributed by atoms with Crippen LogP contribution in [-0.2, 0) is 6.54 Å². The largest absolute Gasteiger partial charge is 0.444 e. The lowest BCUT2D eigenvalue weighted by Crippen LogP contribution is -2.43. The number of rotatable bonds is 8. The molecule has 0 spiro atoms. The SMILES string of the molecule is CCNC(=NCC(C)c1cccc(C)c1)NCC1CCN(Cc2nc(C)c(C)o2)CC1.I. The average molecular weight is 554 g/mol. The van der Waals surface area contributed by atoms with Crippen LogP contribution in [-0.4, -0.2) is 48.6 Å². The van der Waals surface area contributed by atoms with E-state index in [1.165, 1.54) is 24.0 Å². The zero-order valence-electron chi connectivity index (χ0n) is 20.3. The minimum atomic E-state index is 0.